The van der Waals surface area contributed by atoms with E-state index in [1.807, 2.05) is 26.1 Å². The standard InChI is InChI=1S/C17H16ClNO2S/c1-11-5-16-14(7-15(11)18)13(6-17(20)21-16)9-19(2)8-12-3-4-22-10-12/h3-7,10H,8-9H2,1-2H3. The second-order valence-corrected chi connectivity index (χ2v) is 6.68. The van der Waals surface area contributed by atoms with Gasteiger partial charge in [0, 0.05) is 29.6 Å². The molecule has 0 saturated heterocycles. The van der Waals surface area contributed by atoms with Gasteiger partial charge in [-0.2, -0.15) is 11.3 Å². The van der Waals surface area contributed by atoms with Crippen LogP contribution in [0.3, 0.4) is 0 Å². The van der Waals surface area contributed by atoms with Gasteiger partial charge in [0.15, 0.2) is 0 Å². The van der Waals surface area contributed by atoms with Crippen LogP contribution in [0.2, 0.25) is 5.02 Å². The zero-order chi connectivity index (χ0) is 15.7. The summed E-state index contributed by atoms with van der Waals surface area (Å²) in [6.07, 6.45) is 0. The number of rotatable bonds is 4. The third-order valence-electron chi connectivity index (χ3n) is 3.58. The Morgan fingerprint density at radius 1 is 1.27 bits per heavy atom. The lowest BCUT2D eigenvalue weighted by molar-refractivity contribution is 0.320. The number of nitrogens with zero attached hydrogens (tertiary/aromatic N) is 1. The Kier molecular flexibility index (Phi) is 4.34. The Bertz CT molecular complexity index is 855. The SMILES string of the molecule is Cc1cc2oc(=O)cc(CN(C)Cc3ccsc3)c2cc1Cl. The van der Waals surface area contributed by atoms with E-state index in [0.29, 0.717) is 17.2 Å². The molecular weight excluding hydrogens is 318 g/mol. The molecule has 5 heteroatoms. The summed E-state index contributed by atoms with van der Waals surface area (Å²) < 4.78 is 5.29. The maximum Gasteiger partial charge on any atom is 0.336 e. The Balaban J connectivity index is 1.95. The lowest BCUT2D eigenvalue weighted by Gasteiger charge is -2.17. The molecule has 3 nitrogen and oxygen atoms in total. The molecule has 0 radical (unpaired) electrons. The smallest absolute Gasteiger partial charge is 0.336 e. The molecule has 1 aromatic carbocycles. The van der Waals surface area contributed by atoms with E-state index in [1.165, 1.54) is 5.56 Å². The first-order valence-electron chi connectivity index (χ1n) is 6.95. The van der Waals surface area contributed by atoms with Crippen molar-refractivity contribution in [2.24, 2.45) is 0 Å². The fraction of sp³-hybridized carbons (Fsp3) is 0.235. The predicted molar refractivity (Wildman–Crippen MR) is 91.7 cm³/mol. The van der Waals surface area contributed by atoms with Gasteiger partial charge in [-0.1, -0.05) is 11.6 Å². The first-order valence-corrected chi connectivity index (χ1v) is 8.27. The fourth-order valence-electron chi connectivity index (χ4n) is 2.52. The quantitative estimate of drug-likeness (QED) is 0.661. The van der Waals surface area contributed by atoms with E-state index in [1.54, 1.807) is 17.4 Å². The summed E-state index contributed by atoms with van der Waals surface area (Å²) in [5.41, 5.74) is 3.38. The number of thiophene rings is 1. The van der Waals surface area contributed by atoms with E-state index < -0.39 is 0 Å². The van der Waals surface area contributed by atoms with Crippen LogP contribution in [-0.4, -0.2) is 11.9 Å². The Hall–Kier alpha value is -1.62. The van der Waals surface area contributed by atoms with Crippen molar-refractivity contribution in [1.29, 1.82) is 0 Å². The van der Waals surface area contributed by atoms with Crippen LogP contribution in [0, 0.1) is 6.92 Å². The van der Waals surface area contributed by atoms with Crippen molar-refractivity contribution < 1.29 is 4.42 Å². The van der Waals surface area contributed by atoms with E-state index in [0.717, 1.165) is 23.1 Å². The minimum Gasteiger partial charge on any atom is -0.423 e. The predicted octanol–water partition coefficient (Wildman–Crippen LogP) is 4.45. The second kappa shape index (κ2) is 6.24. The number of hydrogen-bond donors (Lipinski definition) is 0. The van der Waals surface area contributed by atoms with E-state index >= 15 is 0 Å². The average Bonchev–Trinajstić information content (AvgIpc) is 2.93. The largest absolute Gasteiger partial charge is 0.423 e. The van der Waals surface area contributed by atoms with E-state index in [2.05, 4.69) is 21.7 Å². The van der Waals surface area contributed by atoms with E-state index in [-0.39, 0.29) is 5.63 Å². The molecule has 3 rings (SSSR count). The van der Waals surface area contributed by atoms with Crippen molar-refractivity contribution in [3.8, 4) is 0 Å². The summed E-state index contributed by atoms with van der Waals surface area (Å²) in [6.45, 7) is 3.40. The van der Waals surface area contributed by atoms with E-state index in [9.17, 15) is 4.79 Å². The zero-order valence-corrected chi connectivity index (χ0v) is 14.0. The average molecular weight is 334 g/mol. The molecule has 0 aliphatic heterocycles. The second-order valence-electron chi connectivity index (χ2n) is 5.49. The molecule has 22 heavy (non-hydrogen) atoms. The molecule has 2 heterocycles. The van der Waals surface area contributed by atoms with Gasteiger partial charge >= 0.3 is 5.63 Å². The van der Waals surface area contributed by atoms with Crippen LogP contribution in [0.1, 0.15) is 16.7 Å². The highest BCUT2D eigenvalue weighted by Gasteiger charge is 2.11. The van der Waals surface area contributed by atoms with Gasteiger partial charge in [-0.15, -0.1) is 0 Å². The van der Waals surface area contributed by atoms with Gasteiger partial charge in [0.25, 0.3) is 0 Å². The summed E-state index contributed by atoms with van der Waals surface area (Å²) in [4.78, 5) is 14.0. The molecule has 0 bridgehead atoms. The van der Waals surface area contributed by atoms with E-state index in [4.69, 9.17) is 16.0 Å². The molecule has 0 aliphatic carbocycles. The molecule has 2 aromatic heterocycles. The number of aryl methyl sites for hydroxylation is 1. The topological polar surface area (TPSA) is 33.5 Å². The molecular formula is C17H16ClNO2S. The maximum atomic E-state index is 11.8. The lowest BCUT2D eigenvalue weighted by Crippen LogP contribution is -2.18. The molecule has 0 amide bonds. The molecule has 0 unspecified atom stereocenters. The summed E-state index contributed by atoms with van der Waals surface area (Å²) >= 11 is 7.91. The molecule has 0 spiro atoms. The third kappa shape index (κ3) is 3.24. The van der Waals surface area contributed by atoms with Gasteiger partial charge in [-0.25, -0.2) is 4.79 Å². The summed E-state index contributed by atoms with van der Waals surface area (Å²) in [5, 5.41) is 5.78. The van der Waals surface area contributed by atoms with Crippen molar-refractivity contribution in [3.63, 3.8) is 0 Å². The third-order valence-corrected chi connectivity index (χ3v) is 4.72. The molecule has 0 atom stereocenters. The van der Waals surface area contributed by atoms with Crippen molar-refractivity contribution in [2.45, 2.75) is 20.0 Å². The summed E-state index contributed by atoms with van der Waals surface area (Å²) in [6, 6.07) is 7.36. The molecule has 0 fully saturated rings. The van der Waals surface area contributed by atoms with Crippen LogP contribution in [0.5, 0.6) is 0 Å². The first-order chi connectivity index (χ1) is 10.5. The number of fused-ring (bicyclic) bond motifs is 1. The summed E-state index contributed by atoms with van der Waals surface area (Å²) in [7, 11) is 2.04. The molecule has 0 aliphatic rings. The highest BCUT2D eigenvalue weighted by Crippen LogP contribution is 2.26. The lowest BCUT2D eigenvalue weighted by atomic mass is 10.1. The minimum atomic E-state index is -0.326. The molecule has 114 valence electrons. The number of benzene rings is 1. The Morgan fingerprint density at radius 2 is 2.09 bits per heavy atom. The van der Waals surface area contributed by atoms with Gasteiger partial charge in [0.1, 0.15) is 5.58 Å². The van der Waals surface area contributed by atoms with Gasteiger partial charge in [-0.3, -0.25) is 4.90 Å². The van der Waals surface area contributed by atoms with Gasteiger partial charge in [0.05, 0.1) is 0 Å². The molecule has 0 saturated carbocycles. The Morgan fingerprint density at radius 3 is 2.82 bits per heavy atom. The Labute approximate surface area is 137 Å². The molecule has 0 N–H and O–H groups in total. The van der Waals surface area contributed by atoms with Crippen molar-refractivity contribution in [2.75, 3.05) is 7.05 Å². The van der Waals surface area contributed by atoms with Crippen molar-refractivity contribution in [3.05, 3.63) is 67.2 Å². The van der Waals surface area contributed by atoms with Crippen LogP contribution in [0.15, 0.2) is 44.2 Å². The van der Waals surface area contributed by atoms with Gasteiger partial charge in [0.2, 0.25) is 0 Å². The maximum absolute atomic E-state index is 11.8. The first kappa shape index (κ1) is 15.3. The van der Waals surface area contributed by atoms with Crippen LogP contribution in [-0.2, 0) is 13.1 Å². The van der Waals surface area contributed by atoms with Crippen LogP contribution in [0.4, 0.5) is 0 Å². The molecule has 3 aromatic rings. The fourth-order valence-corrected chi connectivity index (χ4v) is 3.34. The van der Waals surface area contributed by atoms with Gasteiger partial charge in [-0.05, 0) is 59.6 Å². The van der Waals surface area contributed by atoms with Crippen LogP contribution >= 0.6 is 22.9 Å². The highest BCUT2D eigenvalue weighted by molar-refractivity contribution is 7.07. The highest BCUT2D eigenvalue weighted by atomic mass is 35.5. The number of halogens is 1. The monoisotopic (exact) mass is 333 g/mol. The normalized spacial score (nSPS) is 11.5. The van der Waals surface area contributed by atoms with Gasteiger partial charge < -0.3 is 4.42 Å². The van der Waals surface area contributed by atoms with Crippen LogP contribution in [0.25, 0.3) is 11.0 Å². The van der Waals surface area contributed by atoms with Crippen molar-refractivity contribution in [1.82, 2.24) is 4.90 Å². The minimum absolute atomic E-state index is 0.326. The van der Waals surface area contributed by atoms with Crippen molar-refractivity contribution >= 4 is 33.9 Å². The zero-order valence-electron chi connectivity index (χ0n) is 12.4. The van der Waals surface area contributed by atoms with Crippen LogP contribution < -0.4 is 5.63 Å². The number of hydrogen-bond acceptors (Lipinski definition) is 4. The summed E-state index contributed by atoms with van der Waals surface area (Å²) in [5.74, 6) is 0.